The number of carbonyl (C=O) groups is 3. The van der Waals surface area contributed by atoms with Gasteiger partial charge >= 0.3 is 5.97 Å². The number of amides is 1. The average molecular weight is 428 g/mol. The Kier molecular flexibility index (Phi) is 5.71. The Morgan fingerprint density at radius 2 is 1.68 bits per heavy atom. The molecule has 2 unspecified atom stereocenters. The zero-order valence-corrected chi connectivity index (χ0v) is 18.6. The number of anilines is 1. The number of benzene rings is 1. The molecule has 0 aromatic heterocycles. The van der Waals surface area contributed by atoms with Crippen molar-refractivity contribution in [1.29, 1.82) is 0 Å². The van der Waals surface area contributed by atoms with Gasteiger partial charge in [-0.3, -0.25) is 14.4 Å². The molecule has 1 amide bonds. The van der Waals surface area contributed by atoms with Gasteiger partial charge in [-0.1, -0.05) is 13.8 Å². The first kappa shape index (κ1) is 22.0. The van der Waals surface area contributed by atoms with Crippen molar-refractivity contribution < 1.29 is 24.2 Å². The van der Waals surface area contributed by atoms with E-state index in [9.17, 15) is 19.5 Å². The minimum absolute atomic E-state index is 0.0873. The highest BCUT2D eigenvalue weighted by Crippen LogP contribution is 2.62. The molecule has 0 spiro atoms. The fraction of sp³-hybridized carbons (Fsp3) is 0.640. The van der Waals surface area contributed by atoms with Gasteiger partial charge < -0.3 is 15.2 Å². The van der Waals surface area contributed by atoms with Crippen molar-refractivity contribution in [3.05, 3.63) is 29.8 Å². The lowest BCUT2D eigenvalue weighted by atomic mass is 9.47. The van der Waals surface area contributed by atoms with Gasteiger partial charge in [-0.25, -0.2) is 0 Å². The molecule has 4 saturated carbocycles. The van der Waals surface area contributed by atoms with E-state index in [1.165, 1.54) is 6.42 Å². The molecule has 1 aromatic rings. The third-order valence-corrected chi connectivity index (χ3v) is 7.31. The lowest BCUT2D eigenvalue weighted by Gasteiger charge is -2.60. The van der Waals surface area contributed by atoms with Gasteiger partial charge in [-0.15, -0.1) is 0 Å². The molecule has 5 atom stereocenters. The first-order chi connectivity index (χ1) is 14.6. The first-order valence-electron chi connectivity index (χ1n) is 11.4. The van der Waals surface area contributed by atoms with Crippen molar-refractivity contribution in [2.45, 2.75) is 77.4 Å². The summed E-state index contributed by atoms with van der Waals surface area (Å²) < 4.78 is 5.52. The molecule has 0 aliphatic heterocycles. The monoisotopic (exact) mass is 427 g/mol. The number of ether oxygens (including phenoxy) is 1. The van der Waals surface area contributed by atoms with Crippen LogP contribution in [-0.2, 0) is 14.3 Å². The van der Waals surface area contributed by atoms with E-state index in [1.54, 1.807) is 31.2 Å². The van der Waals surface area contributed by atoms with Crippen LogP contribution in [0.1, 0.15) is 76.1 Å². The molecule has 168 valence electrons. The zero-order valence-electron chi connectivity index (χ0n) is 18.6. The molecule has 4 aliphatic rings. The Hall–Kier alpha value is -2.21. The molecule has 1 aromatic carbocycles. The van der Waals surface area contributed by atoms with Gasteiger partial charge in [-0.2, -0.15) is 0 Å². The van der Waals surface area contributed by atoms with Crippen molar-refractivity contribution in [2.75, 3.05) is 5.32 Å². The van der Waals surface area contributed by atoms with Gasteiger partial charge in [0.05, 0.1) is 12.0 Å². The van der Waals surface area contributed by atoms with Crippen molar-refractivity contribution in [3.8, 4) is 0 Å². The largest absolute Gasteiger partial charge is 0.454 e. The minimum atomic E-state index is -0.874. The summed E-state index contributed by atoms with van der Waals surface area (Å²) in [5.74, 6) is 0.179. The number of nitrogens with one attached hydrogen (secondary N) is 1. The zero-order chi connectivity index (χ0) is 22.4. The maximum absolute atomic E-state index is 12.7. The van der Waals surface area contributed by atoms with Gasteiger partial charge in [0.25, 0.3) is 0 Å². The van der Waals surface area contributed by atoms with Crippen LogP contribution in [0.2, 0.25) is 0 Å². The SMILES string of the molecule is CC(C)C(=O)Nc1ccc(C(=O)[C@H](C)OC(=O)CC23C[C@@H]4C[C@@H](CC(O)(C4)C2)C3)cc1. The molecule has 6 nitrogen and oxygen atoms in total. The van der Waals surface area contributed by atoms with E-state index < -0.39 is 11.7 Å². The van der Waals surface area contributed by atoms with Crippen LogP contribution >= 0.6 is 0 Å². The van der Waals surface area contributed by atoms with Crippen LogP contribution in [0.3, 0.4) is 0 Å². The van der Waals surface area contributed by atoms with E-state index in [0.717, 1.165) is 25.7 Å². The van der Waals surface area contributed by atoms with Gasteiger partial charge in [0, 0.05) is 17.2 Å². The van der Waals surface area contributed by atoms with Gasteiger partial charge in [0.2, 0.25) is 11.7 Å². The highest BCUT2D eigenvalue weighted by Gasteiger charge is 2.57. The number of aliphatic hydroxyl groups is 1. The molecule has 0 radical (unpaired) electrons. The second kappa shape index (κ2) is 8.05. The third kappa shape index (κ3) is 4.69. The van der Waals surface area contributed by atoms with Crippen LogP contribution in [0.4, 0.5) is 5.69 Å². The molecule has 4 aliphatic carbocycles. The van der Waals surface area contributed by atoms with Gasteiger partial charge in [0.15, 0.2) is 6.10 Å². The van der Waals surface area contributed by atoms with Gasteiger partial charge in [-0.05, 0) is 87.0 Å². The fourth-order valence-corrected chi connectivity index (χ4v) is 6.45. The lowest BCUT2D eigenvalue weighted by Crippen LogP contribution is -2.56. The van der Waals surface area contributed by atoms with E-state index in [2.05, 4.69) is 5.32 Å². The second-order valence-electron chi connectivity index (χ2n) is 10.6. The van der Waals surface area contributed by atoms with E-state index >= 15 is 0 Å². The summed E-state index contributed by atoms with van der Waals surface area (Å²) in [7, 11) is 0. The van der Waals surface area contributed by atoms with Crippen molar-refractivity contribution in [3.63, 3.8) is 0 Å². The summed E-state index contributed by atoms with van der Waals surface area (Å²) in [5.41, 5.74) is 0.277. The number of hydrogen-bond acceptors (Lipinski definition) is 5. The van der Waals surface area contributed by atoms with Crippen molar-refractivity contribution in [1.82, 2.24) is 0 Å². The molecule has 0 saturated heterocycles. The van der Waals surface area contributed by atoms with Crippen molar-refractivity contribution in [2.24, 2.45) is 23.2 Å². The quantitative estimate of drug-likeness (QED) is 0.504. The normalized spacial score (nSPS) is 32.0. The summed E-state index contributed by atoms with van der Waals surface area (Å²) >= 11 is 0. The van der Waals surface area contributed by atoms with Gasteiger partial charge in [0.1, 0.15) is 0 Å². The molecule has 5 rings (SSSR count). The summed E-state index contributed by atoms with van der Waals surface area (Å²) in [5, 5.41) is 13.7. The summed E-state index contributed by atoms with van der Waals surface area (Å²) in [6, 6.07) is 6.63. The Balaban J connectivity index is 1.34. The first-order valence-corrected chi connectivity index (χ1v) is 11.4. The summed E-state index contributed by atoms with van der Waals surface area (Å²) in [4.78, 5) is 37.2. The lowest BCUT2D eigenvalue weighted by molar-refractivity contribution is -0.178. The molecule has 0 heterocycles. The predicted octanol–water partition coefficient (Wildman–Crippen LogP) is 4.12. The minimum Gasteiger partial charge on any atom is -0.454 e. The van der Waals surface area contributed by atoms with Crippen LogP contribution in [0.15, 0.2) is 24.3 Å². The molecular formula is C25H33NO5. The van der Waals surface area contributed by atoms with Crippen LogP contribution in [0, 0.1) is 23.2 Å². The Labute approximate surface area is 183 Å². The third-order valence-electron chi connectivity index (χ3n) is 7.31. The number of carbonyl (C=O) groups excluding carboxylic acids is 3. The number of ketones is 1. The van der Waals surface area contributed by atoms with Crippen LogP contribution in [-0.4, -0.2) is 34.5 Å². The maximum atomic E-state index is 12.7. The molecule has 2 N–H and O–H groups in total. The number of hydrogen-bond donors (Lipinski definition) is 2. The summed E-state index contributed by atoms with van der Waals surface area (Å²) in [6.07, 6.45) is 4.93. The summed E-state index contributed by atoms with van der Waals surface area (Å²) in [6.45, 7) is 5.22. The van der Waals surface area contributed by atoms with E-state index in [-0.39, 0.29) is 35.4 Å². The van der Waals surface area contributed by atoms with E-state index in [1.807, 2.05) is 13.8 Å². The highest BCUT2D eigenvalue weighted by molar-refractivity contribution is 6.01. The predicted molar refractivity (Wildman–Crippen MR) is 116 cm³/mol. The fourth-order valence-electron chi connectivity index (χ4n) is 6.45. The molecule has 4 fully saturated rings. The molecule has 4 bridgehead atoms. The Morgan fingerprint density at radius 1 is 1.06 bits per heavy atom. The van der Waals surface area contributed by atoms with E-state index in [4.69, 9.17) is 4.74 Å². The Morgan fingerprint density at radius 3 is 2.23 bits per heavy atom. The average Bonchev–Trinajstić information content (AvgIpc) is 2.65. The number of Topliss-reactive ketones (excluding diaryl/α,β-unsaturated/α-hetero) is 1. The number of rotatable bonds is 7. The maximum Gasteiger partial charge on any atom is 0.307 e. The number of esters is 1. The standard InChI is InChI=1S/C25H33NO5/c1-15(2)23(29)26-20-6-4-19(5-7-20)22(28)16(3)31-21(27)13-24-9-17-8-18(10-24)12-25(30,11-17)14-24/h4-7,15-18,30H,8-14H2,1-3H3,(H,26,29)/t16-,17-,18+,24?,25?/m0/s1. The topological polar surface area (TPSA) is 92.7 Å². The smallest absolute Gasteiger partial charge is 0.307 e. The second-order valence-corrected chi connectivity index (χ2v) is 10.6. The molecule has 31 heavy (non-hydrogen) atoms. The molecular weight excluding hydrogens is 394 g/mol. The van der Waals surface area contributed by atoms with Crippen LogP contribution in [0.5, 0.6) is 0 Å². The van der Waals surface area contributed by atoms with Crippen LogP contribution < -0.4 is 5.32 Å². The van der Waals surface area contributed by atoms with Crippen molar-refractivity contribution >= 4 is 23.3 Å². The molecule has 6 heteroatoms. The Bertz CT molecular complexity index is 860. The van der Waals surface area contributed by atoms with Crippen LogP contribution in [0.25, 0.3) is 0 Å². The van der Waals surface area contributed by atoms with E-state index in [0.29, 0.717) is 29.5 Å². The highest BCUT2D eigenvalue weighted by atomic mass is 16.5.